The molecule has 1 aromatic carbocycles. The van der Waals surface area contributed by atoms with E-state index in [-0.39, 0.29) is 30.6 Å². The van der Waals surface area contributed by atoms with E-state index in [2.05, 4.69) is 5.32 Å². The van der Waals surface area contributed by atoms with Crippen molar-refractivity contribution in [3.05, 3.63) is 55.8 Å². The van der Waals surface area contributed by atoms with Crippen LogP contribution in [0.3, 0.4) is 0 Å². The first-order valence-corrected chi connectivity index (χ1v) is 13.9. The van der Waals surface area contributed by atoms with Gasteiger partial charge in [-0.25, -0.2) is 19.0 Å². The monoisotopic (exact) mass is 673 g/mol. The molecule has 0 unspecified atom stereocenters. The molecule has 10 nitrogen and oxygen atoms in total. The molecule has 13 heteroatoms. The van der Waals surface area contributed by atoms with Crippen molar-refractivity contribution < 1.29 is 28.2 Å². The fraction of sp³-hybridized carbons (Fsp3) is 0.462. The summed E-state index contributed by atoms with van der Waals surface area (Å²) in [5.74, 6) is -1.06. The van der Waals surface area contributed by atoms with E-state index < -0.39 is 29.4 Å². The quantitative estimate of drug-likeness (QED) is 0.360. The van der Waals surface area contributed by atoms with Gasteiger partial charge in [-0.2, -0.15) is 0 Å². The van der Waals surface area contributed by atoms with Gasteiger partial charge >= 0.3 is 12.1 Å². The Morgan fingerprint density at radius 3 is 2.77 bits per heavy atom. The van der Waals surface area contributed by atoms with Crippen LogP contribution in [0.25, 0.3) is 0 Å². The zero-order chi connectivity index (χ0) is 28.5. The number of likely N-dealkylation sites (N-methyl/N-ethyl adjacent to an activating group) is 1. The summed E-state index contributed by atoms with van der Waals surface area (Å²) < 4.78 is 26.6. The van der Waals surface area contributed by atoms with Crippen molar-refractivity contribution in [1.29, 1.82) is 0 Å². The van der Waals surface area contributed by atoms with Crippen molar-refractivity contribution in [2.45, 2.75) is 51.8 Å². The number of carbonyl (C=O) groups is 3. The molecular formula is C26H30ClFIN5O5. The minimum Gasteiger partial charge on any atom is -0.457 e. The van der Waals surface area contributed by atoms with Crippen LogP contribution in [0.5, 0.6) is 0 Å². The molecule has 4 rings (SSSR count). The zero-order valence-electron chi connectivity index (χ0n) is 22.1. The van der Waals surface area contributed by atoms with Gasteiger partial charge in [0.15, 0.2) is 0 Å². The number of alkyl carbamates (subject to hydrolysis) is 1. The number of imidazole rings is 1. The Morgan fingerprint density at radius 2 is 2.10 bits per heavy atom. The normalized spacial score (nSPS) is 17.5. The number of hydrogen-bond acceptors (Lipinski definition) is 7. The van der Waals surface area contributed by atoms with Gasteiger partial charge in [-0.05, 0) is 86.0 Å². The lowest BCUT2D eigenvalue weighted by molar-refractivity contribution is -0.137. The second-order valence-corrected chi connectivity index (χ2v) is 11.8. The van der Waals surface area contributed by atoms with Crippen molar-refractivity contribution >= 4 is 58.1 Å². The highest BCUT2D eigenvalue weighted by Gasteiger charge is 2.33. The van der Waals surface area contributed by atoms with Crippen LogP contribution in [0.1, 0.15) is 49.7 Å². The van der Waals surface area contributed by atoms with Gasteiger partial charge in [0, 0.05) is 31.2 Å². The van der Waals surface area contributed by atoms with Gasteiger partial charge in [0.05, 0.1) is 6.54 Å². The van der Waals surface area contributed by atoms with Crippen LogP contribution < -0.4 is 10.2 Å². The first-order valence-electron chi connectivity index (χ1n) is 12.4. The maximum Gasteiger partial charge on any atom is 0.407 e. The van der Waals surface area contributed by atoms with Crippen LogP contribution in [0.2, 0.25) is 5.02 Å². The van der Waals surface area contributed by atoms with Crippen molar-refractivity contribution in [1.82, 2.24) is 19.8 Å². The van der Waals surface area contributed by atoms with E-state index in [1.165, 1.54) is 36.2 Å². The van der Waals surface area contributed by atoms with Gasteiger partial charge in [-0.1, -0.05) is 11.6 Å². The molecule has 210 valence electrons. The summed E-state index contributed by atoms with van der Waals surface area (Å²) in [4.78, 5) is 46.2. The topological polar surface area (TPSA) is 106 Å². The van der Waals surface area contributed by atoms with E-state index in [4.69, 9.17) is 26.1 Å². The summed E-state index contributed by atoms with van der Waals surface area (Å²) in [5.41, 5.74) is 0.186. The summed E-state index contributed by atoms with van der Waals surface area (Å²) in [7, 11) is 1.49. The molecule has 1 fully saturated rings. The zero-order valence-corrected chi connectivity index (χ0v) is 25.0. The minimum absolute atomic E-state index is 0.0565. The summed E-state index contributed by atoms with van der Waals surface area (Å²) in [6.07, 6.45) is 2.53. The summed E-state index contributed by atoms with van der Waals surface area (Å²) in [6.45, 7) is 6.58. The van der Waals surface area contributed by atoms with Gasteiger partial charge < -0.3 is 29.2 Å². The SMILES string of the molecule is CN(C(=O)c1c(I)nc(N2CCC[C@@H](NC(=O)OC(C)(C)C)C2)n1Cc1cc(F)ccc1Cl)C1=CCOC1=O. The molecule has 1 N–H and O–H groups in total. The molecule has 3 heterocycles. The number of esters is 1. The Morgan fingerprint density at radius 1 is 1.36 bits per heavy atom. The number of aromatic nitrogens is 2. The predicted octanol–water partition coefficient (Wildman–Crippen LogP) is 4.33. The summed E-state index contributed by atoms with van der Waals surface area (Å²) in [6, 6.07) is 3.83. The van der Waals surface area contributed by atoms with Crippen LogP contribution in [0.4, 0.5) is 15.1 Å². The molecule has 2 aliphatic rings. The first-order chi connectivity index (χ1) is 18.3. The third-order valence-corrected chi connectivity index (χ3v) is 7.36. The predicted molar refractivity (Wildman–Crippen MR) is 151 cm³/mol. The molecule has 0 bridgehead atoms. The number of nitrogens with one attached hydrogen (secondary N) is 1. The van der Waals surface area contributed by atoms with E-state index >= 15 is 0 Å². The fourth-order valence-corrected chi connectivity index (χ4v) is 5.40. The van der Waals surface area contributed by atoms with Crippen LogP contribution >= 0.6 is 34.2 Å². The van der Waals surface area contributed by atoms with E-state index in [9.17, 15) is 18.8 Å². The third-order valence-electron chi connectivity index (χ3n) is 6.24. The highest BCUT2D eigenvalue weighted by molar-refractivity contribution is 14.1. The number of piperidine rings is 1. The van der Waals surface area contributed by atoms with Crippen molar-refractivity contribution in [2.75, 3.05) is 31.6 Å². The average molecular weight is 674 g/mol. The summed E-state index contributed by atoms with van der Waals surface area (Å²) >= 11 is 8.38. The molecule has 0 aliphatic carbocycles. The molecular weight excluding hydrogens is 644 g/mol. The molecule has 1 saturated heterocycles. The number of amides is 2. The number of halogens is 3. The van der Waals surface area contributed by atoms with E-state index in [0.717, 1.165) is 12.8 Å². The number of benzene rings is 1. The number of anilines is 1. The molecule has 2 aromatic rings. The highest BCUT2D eigenvalue weighted by Crippen LogP contribution is 2.29. The second kappa shape index (κ2) is 11.7. The van der Waals surface area contributed by atoms with Crippen molar-refractivity contribution in [2.24, 2.45) is 0 Å². The molecule has 1 atom stereocenters. The smallest absolute Gasteiger partial charge is 0.407 e. The van der Waals surface area contributed by atoms with Gasteiger partial charge in [-0.15, -0.1) is 0 Å². The molecule has 0 saturated carbocycles. The van der Waals surface area contributed by atoms with Gasteiger partial charge in [0.25, 0.3) is 5.91 Å². The largest absolute Gasteiger partial charge is 0.457 e. The number of ether oxygens (including phenoxy) is 2. The van der Waals surface area contributed by atoms with Gasteiger partial charge in [0.2, 0.25) is 5.95 Å². The van der Waals surface area contributed by atoms with Gasteiger partial charge in [0.1, 0.15) is 33.1 Å². The van der Waals surface area contributed by atoms with Crippen LogP contribution in [-0.2, 0) is 20.8 Å². The van der Waals surface area contributed by atoms with E-state index in [1.54, 1.807) is 25.3 Å². The minimum atomic E-state index is -0.627. The Labute approximate surface area is 244 Å². The Balaban J connectivity index is 1.69. The highest BCUT2D eigenvalue weighted by atomic mass is 127. The average Bonchev–Trinajstić information content (AvgIpc) is 3.42. The lowest BCUT2D eigenvalue weighted by Crippen LogP contribution is -2.49. The van der Waals surface area contributed by atoms with E-state index in [0.29, 0.717) is 33.3 Å². The van der Waals surface area contributed by atoms with Crippen LogP contribution in [0, 0.1) is 9.52 Å². The van der Waals surface area contributed by atoms with Crippen LogP contribution in [0.15, 0.2) is 30.0 Å². The number of nitrogens with zero attached hydrogens (tertiary/aromatic N) is 4. The number of hydrogen-bond donors (Lipinski definition) is 1. The number of rotatable bonds is 6. The molecule has 39 heavy (non-hydrogen) atoms. The molecule has 2 amide bonds. The first kappa shape index (κ1) is 29.1. The second-order valence-electron chi connectivity index (χ2n) is 10.4. The van der Waals surface area contributed by atoms with E-state index in [1.807, 2.05) is 27.5 Å². The summed E-state index contributed by atoms with van der Waals surface area (Å²) in [5, 5.41) is 3.25. The molecule has 2 aliphatic heterocycles. The number of cyclic esters (lactones) is 1. The lowest BCUT2D eigenvalue weighted by Gasteiger charge is -2.34. The molecule has 0 radical (unpaired) electrons. The lowest BCUT2D eigenvalue weighted by atomic mass is 10.1. The maximum absolute atomic E-state index is 14.2. The van der Waals surface area contributed by atoms with Gasteiger partial charge in [-0.3, -0.25) is 4.79 Å². The van der Waals surface area contributed by atoms with Crippen LogP contribution in [-0.4, -0.2) is 70.8 Å². The van der Waals surface area contributed by atoms with Crippen molar-refractivity contribution in [3.8, 4) is 0 Å². The third kappa shape index (κ3) is 6.83. The van der Waals surface area contributed by atoms with Crippen molar-refractivity contribution in [3.63, 3.8) is 0 Å². The Bertz CT molecular complexity index is 1320. The Kier molecular flexibility index (Phi) is 8.74. The number of carbonyl (C=O) groups excluding carboxylic acids is 3. The standard InChI is InChI=1S/C26H30ClFIN5O5/c1-26(2,3)39-25(37)30-17-6-5-10-33(14-17)24-31-21(29)20(22(35)32(4)19-9-11-38-23(19)36)34(24)13-15-12-16(28)7-8-18(15)27/h7-9,12,17H,5-6,10-11,13-14H2,1-4H3,(H,30,37)/t17-/m1/s1. The molecule has 0 spiro atoms. The maximum atomic E-state index is 14.2. The Hall–Kier alpha value is -2.87. The fourth-order valence-electron chi connectivity index (χ4n) is 4.49. The molecule has 1 aromatic heterocycles.